The molecule has 1 aliphatic rings. The molecule has 6 heteroatoms. The van der Waals surface area contributed by atoms with Crippen LogP contribution in [0.2, 0.25) is 0 Å². The zero-order valence-electron chi connectivity index (χ0n) is 12.0. The van der Waals surface area contributed by atoms with Crippen molar-refractivity contribution in [3.05, 3.63) is 36.4 Å². The Bertz CT molecular complexity index is 628. The Hall–Kier alpha value is -1.57. The molecule has 0 atom stereocenters. The first-order chi connectivity index (χ1) is 9.83. The van der Waals surface area contributed by atoms with Crippen molar-refractivity contribution in [3.8, 4) is 0 Å². The summed E-state index contributed by atoms with van der Waals surface area (Å²) in [4.78, 5) is 11.1. The van der Waals surface area contributed by atoms with Gasteiger partial charge in [0.05, 0.1) is 12.1 Å². The van der Waals surface area contributed by atoms with Crippen LogP contribution in [0.1, 0.15) is 0 Å². The van der Waals surface area contributed by atoms with E-state index in [1.807, 2.05) is 24.3 Å². The maximum Gasteiger partial charge on any atom is 0.193 e. The predicted octanol–water partition coefficient (Wildman–Crippen LogP) is 2.16. The minimum absolute atomic E-state index is 0. The third-order valence-corrected chi connectivity index (χ3v) is 3.37. The van der Waals surface area contributed by atoms with Crippen LogP contribution in [0, 0.1) is 0 Å². The zero-order valence-corrected chi connectivity index (χ0v) is 14.4. The number of aliphatic imine (C=N–C) groups is 1. The molecule has 2 N–H and O–H groups in total. The van der Waals surface area contributed by atoms with E-state index in [0.717, 1.165) is 48.9 Å². The van der Waals surface area contributed by atoms with E-state index in [9.17, 15) is 0 Å². The number of benzene rings is 1. The molecule has 1 aromatic carbocycles. The minimum atomic E-state index is 0. The molecule has 112 valence electrons. The van der Waals surface area contributed by atoms with E-state index in [-0.39, 0.29) is 24.0 Å². The summed E-state index contributed by atoms with van der Waals surface area (Å²) >= 11 is 0. The van der Waals surface area contributed by atoms with Crippen molar-refractivity contribution in [2.45, 2.75) is 0 Å². The second kappa shape index (κ2) is 7.44. The maximum absolute atomic E-state index is 4.58. The molecule has 5 nitrogen and oxygen atoms in total. The lowest BCUT2D eigenvalue weighted by atomic mass is 10.2. The number of hydrogen-bond acceptors (Lipinski definition) is 5. The second-order valence-corrected chi connectivity index (χ2v) is 4.87. The van der Waals surface area contributed by atoms with Gasteiger partial charge in [0.1, 0.15) is 5.82 Å². The second-order valence-electron chi connectivity index (χ2n) is 4.87. The van der Waals surface area contributed by atoms with E-state index in [2.05, 4.69) is 44.7 Å². The highest BCUT2D eigenvalue weighted by molar-refractivity contribution is 14.0. The van der Waals surface area contributed by atoms with Crippen molar-refractivity contribution in [1.82, 2.24) is 15.2 Å². The van der Waals surface area contributed by atoms with Crippen molar-refractivity contribution >= 4 is 46.7 Å². The number of nitrogens with zero attached hydrogens (tertiary/aromatic N) is 3. The Kier molecular flexibility index (Phi) is 5.60. The van der Waals surface area contributed by atoms with Gasteiger partial charge in [-0.2, -0.15) is 0 Å². The molecule has 0 amide bonds. The van der Waals surface area contributed by atoms with E-state index in [0.29, 0.717) is 0 Å². The third-order valence-electron chi connectivity index (χ3n) is 3.37. The summed E-state index contributed by atoms with van der Waals surface area (Å²) in [5.74, 6) is 1.89. The van der Waals surface area contributed by atoms with Gasteiger partial charge in [-0.3, -0.25) is 4.99 Å². The largest absolute Gasteiger partial charge is 0.368 e. The maximum atomic E-state index is 4.58. The van der Waals surface area contributed by atoms with Crippen LogP contribution in [-0.4, -0.2) is 49.1 Å². The van der Waals surface area contributed by atoms with Crippen molar-refractivity contribution in [3.63, 3.8) is 0 Å². The molecule has 0 saturated heterocycles. The quantitative estimate of drug-likeness (QED) is 0.614. The van der Waals surface area contributed by atoms with Gasteiger partial charge in [0.15, 0.2) is 5.96 Å². The van der Waals surface area contributed by atoms with Crippen molar-refractivity contribution in [1.29, 1.82) is 0 Å². The highest BCUT2D eigenvalue weighted by Crippen LogP contribution is 2.14. The smallest absolute Gasteiger partial charge is 0.193 e. The van der Waals surface area contributed by atoms with Gasteiger partial charge in [0, 0.05) is 32.1 Å². The molecule has 0 spiro atoms. The Balaban J connectivity index is 0.00000161. The van der Waals surface area contributed by atoms with E-state index < -0.39 is 0 Å². The van der Waals surface area contributed by atoms with Crippen LogP contribution in [0.5, 0.6) is 0 Å². The van der Waals surface area contributed by atoms with Gasteiger partial charge >= 0.3 is 0 Å². The fourth-order valence-electron chi connectivity index (χ4n) is 2.25. The molecule has 3 rings (SSSR count). The van der Waals surface area contributed by atoms with Crippen molar-refractivity contribution in [2.24, 2.45) is 4.99 Å². The van der Waals surface area contributed by atoms with Gasteiger partial charge < -0.3 is 15.5 Å². The first-order valence-electron chi connectivity index (χ1n) is 6.92. The van der Waals surface area contributed by atoms with E-state index in [4.69, 9.17) is 0 Å². The molecule has 1 aromatic heterocycles. The molecule has 2 heterocycles. The van der Waals surface area contributed by atoms with Crippen LogP contribution in [0.15, 0.2) is 41.4 Å². The number of para-hydroxylation sites is 1. The summed E-state index contributed by atoms with van der Waals surface area (Å²) in [6, 6.07) is 12.2. The summed E-state index contributed by atoms with van der Waals surface area (Å²) < 4.78 is 0. The highest BCUT2D eigenvalue weighted by atomic mass is 127. The highest BCUT2D eigenvalue weighted by Gasteiger charge is 2.10. The van der Waals surface area contributed by atoms with E-state index in [1.54, 1.807) is 0 Å². The molecule has 0 saturated carbocycles. The predicted molar refractivity (Wildman–Crippen MR) is 98.6 cm³/mol. The number of fused-ring (bicyclic) bond motifs is 1. The van der Waals surface area contributed by atoms with Gasteiger partial charge in [-0.05, 0) is 18.2 Å². The van der Waals surface area contributed by atoms with Crippen LogP contribution in [0.4, 0.5) is 5.82 Å². The fraction of sp³-hybridized carbons (Fsp3) is 0.333. The Labute approximate surface area is 141 Å². The monoisotopic (exact) mass is 397 g/mol. The molecule has 21 heavy (non-hydrogen) atoms. The van der Waals surface area contributed by atoms with Crippen molar-refractivity contribution < 1.29 is 0 Å². The lowest BCUT2D eigenvalue weighted by Crippen LogP contribution is -2.37. The summed E-state index contributed by atoms with van der Waals surface area (Å²) in [5.41, 5.74) is 1.02. The molecule has 0 radical (unpaired) electrons. The summed E-state index contributed by atoms with van der Waals surface area (Å²) in [5, 5.41) is 7.82. The number of hydrogen-bond donors (Lipinski definition) is 2. The van der Waals surface area contributed by atoms with Crippen LogP contribution >= 0.6 is 24.0 Å². The van der Waals surface area contributed by atoms with Gasteiger partial charge in [0.2, 0.25) is 0 Å². The minimum Gasteiger partial charge on any atom is -0.368 e. The number of nitrogens with one attached hydrogen (secondary N) is 2. The first-order valence-corrected chi connectivity index (χ1v) is 6.92. The Morgan fingerprint density at radius 3 is 2.71 bits per heavy atom. The van der Waals surface area contributed by atoms with Gasteiger partial charge in [0.25, 0.3) is 0 Å². The number of rotatable bonds is 4. The summed E-state index contributed by atoms with van der Waals surface area (Å²) in [6.45, 7) is 3.54. The third kappa shape index (κ3) is 3.96. The van der Waals surface area contributed by atoms with E-state index >= 15 is 0 Å². The fourth-order valence-corrected chi connectivity index (χ4v) is 2.25. The molecule has 0 bridgehead atoms. The number of guanidine groups is 1. The molecular formula is C15H20IN5. The normalized spacial score (nSPS) is 13.8. The lowest BCUT2D eigenvalue weighted by Gasteiger charge is -2.15. The zero-order chi connectivity index (χ0) is 13.8. The van der Waals surface area contributed by atoms with Crippen LogP contribution < -0.4 is 10.6 Å². The van der Waals surface area contributed by atoms with E-state index in [1.165, 1.54) is 0 Å². The number of aromatic nitrogens is 1. The van der Waals surface area contributed by atoms with Crippen LogP contribution in [0.3, 0.4) is 0 Å². The standard InChI is InChI=1S/C15H19N5.HI/c1-20-11-10-18-15(20)17-9-8-16-14-7-6-12-4-2-3-5-13(12)19-14;/h2-7H,8-11H2,1H3,(H,16,19)(H,17,18);1H. The number of halogens is 1. The molecule has 0 aliphatic carbocycles. The average Bonchev–Trinajstić information content (AvgIpc) is 2.89. The topological polar surface area (TPSA) is 52.5 Å². The molecular weight excluding hydrogens is 377 g/mol. The summed E-state index contributed by atoms with van der Waals surface area (Å²) in [6.07, 6.45) is 0. The Morgan fingerprint density at radius 2 is 1.90 bits per heavy atom. The molecule has 1 aliphatic heterocycles. The number of pyridine rings is 1. The molecule has 0 unspecified atom stereocenters. The van der Waals surface area contributed by atoms with Gasteiger partial charge in [-0.25, -0.2) is 4.98 Å². The van der Waals surface area contributed by atoms with Gasteiger partial charge in [-0.1, -0.05) is 18.2 Å². The van der Waals surface area contributed by atoms with Crippen LogP contribution in [-0.2, 0) is 0 Å². The van der Waals surface area contributed by atoms with Gasteiger partial charge in [-0.15, -0.1) is 24.0 Å². The Morgan fingerprint density at radius 1 is 1.10 bits per heavy atom. The molecule has 0 fully saturated rings. The lowest BCUT2D eigenvalue weighted by molar-refractivity contribution is 0.535. The molecule has 2 aromatic rings. The number of likely N-dealkylation sites (N-methyl/N-ethyl adjacent to an activating group) is 1. The summed E-state index contributed by atoms with van der Waals surface area (Å²) in [7, 11) is 2.05. The van der Waals surface area contributed by atoms with Crippen LogP contribution in [0.25, 0.3) is 10.9 Å². The average molecular weight is 397 g/mol. The first kappa shape index (κ1) is 15.8. The SMILES string of the molecule is CN1CCN=C1NCCNc1ccc2ccccc2n1.I. The van der Waals surface area contributed by atoms with Crippen molar-refractivity contribution in [2.75, 3.05) is 38.5 Å². The number of anilines is 1.